The summed E-state index contributed by atoms with van der Waals surface area (Å²) in [5.41, 5.74) is 0. The second-order valence-electron chi connectivity index (χ2n) is 4.14. The van der Waals surface area contributed by atoms with Crippen LogP contribution in [0.5, 0.6) is 0 Å². The van der Waals surface area contributed by atoms with Crippen molar-refractivity contribution < 1.29 is 5.11 Å². The third kappa shape index (κ3) is 1.63. The summed E-state index contributed by atoms with van der Waals surface area (Å²) in [7, 11) is 0. The van der Waals surface area contributed by atoms with Gasteiger partial charge in [0.15, 0.2) is 0 Å². The molecule has 3 heteroatoms. The van der Waals surface area contributed by atoms with E-state index in [-0.39, 0.29) is 6.10 Å². The molecule has 3 unspecified atom stereocenters. The SMILES string of the molecule is CC(O)CN1CC2CCC1CN2. The van der Waals surface area contributed by atoms with Gasteiger partial charge in [0.1, 0.15) is 0 Å². The number of piperidine rings is 2. The second kappa shape index (κ2) is 3.32. The van der Waals surface area contributed by atoms with Crippen molar-refractivity contribution in [1.29, 1.82) is 0 Å². The Balaban J connectivity index is 1.91. The van der Waals surface area contributed by atoms with Gasteiger partial charge < -0.3 is 10.4 Å². The van der Waals surface area contributed by atoms with E-state index in [1.165, 1.54) is 12.8 Å². The molecule has 2 bridgehead atoms. The molecule has 0 spiro atoms. The van der Waals surface area contributed by atoms with Gasteiger partial charge in [-0.1, -0.05) is 0 Å². The van der Waals surface area contributed by atoms with Gasteiger partial charge in [-0.05, 0) is 19.8 Å². The molecule has 3 aliphatic rings. The van der Waals surface area contributed by atoms with Crippen LogP contribution in [0.15, 0.2) is 0 Å². The maximum Gasteiger partial charge on any atom is 0.0639 e. The number of hydrogen-bond donors (Lipinski definition) is 2. The number of nitrogens with zero attached hydrogens (tertiary/aromatic N) is 1. The lowest BCUT2D eigenvalue weighted by Crippen LogP contribution is -2.61. The van der Waals surface area contributed by atoms with Crippen molar-refractivity contribution in [2.45, 2.75) is 38.0 Å². The van der Waals surface area contributed by atoms with E-state index in [9.17, 15) is 5.11 Å². The molecule has 0 saturated carbocycles. The molecule has 3 heterocycles. The first kappa shape index (κ1) is 8.48. The number of rotatable bonds is 2. The summed E-state index contributed by atoms with van der Waals surface area (Å²) in [6.07, 6.45) is 2.45. The Morgan fingerprint density at radius 2 is 2.42 bits per heavy atom. The van der Waals surface area contributed by atoms with Crippen LogP contribution in [0, 0.1) is 0 Å². The number of aliphatic hydroxyl groups is 1. The monoisotopic (exact) mass is 170 g/mol. The van der Waals surface area contributed by atoms with Gasteiger partial charge in [-0.3, -0.25) is 4.90 Å². The Kier molecular flexibility index (Phi) is 2.35. The van der Waals surface area contributed by atoms with Gasteiger partial charge in [0.2, 0.25) is 0 Å². The second-order valence-corrected chi connectivity index (χ2v) is 4.14. The number of piperazine rings is 1. The average molecular weight is 170 g/mol. The van der Waals surface area contributed by atoms with E-state index in [1.54, 1.807) is 0 Å². The third-order valence-electron chi connectivity index (χ3n) is 2.96. The minimum absolute atomic E-state index is 0.177. The fourth-order valence-corrected chi connectivity index (χ4v) is 2.36. The highest BCUT2D eigenvalue weighted by molar-refractivity contribution is 4.92. The van der Waals surface area contributed by atoms with Gasteiger partial charge in [-0.2, -0.15) is 0 Å². The summed E-state index contributed by atoms with van der Waals surface area (Å²) in [6, 6.07) is 1.37. The largest absolute Gasteiger partial charge is 0.392 e. The highest BCUT2D eigenvalue weighted by atomic mass is 16.3. The Hall–Kier alpha value is -0.120. The van der Waals surface area contributed by atoms with Crippen molar-refractivity contribution in [2.24, 2.45) is 0 Å². The molecule has 3 rings (SSSR count). The summed E-state index contributed by atoms with van der Waals surface area (Å²) < 4.78 is 0. The minimum atomic E-state index is -0.177. The predicted molar refractivity (Wildman–Crippen MR) is 48.1 cm³/mol. The summed E-state index contributed by atoms with van der Waals surface area (Å²) in [6.45, 7) is 4.98. The van der Waals surface area contributed by atoms with Gasteiger partial charge >= 0.3 is 0 Å². The molecule has 0 aromatic rings. The van der Waals surface area contributed by atoms with E-state index in [0.717, 1.165) is 19.6 Å². The first-order valence-electron chi connectivity index (χ1n) is 4.91. The Morgan fingerprint density at radius 1 is 1.58 bits per heavy atom. The molecular weight excluding hydrogens is 152 g/mol. The zero-order chi connectivity index (χ0) is 8.55. The molecule has 3 nitrogen and oxygen atoms in total. The normalized spacial score (nSPS) is 38.5. The van der Waals surface area contributed by atoms with Gasteiger partial charge in [0, 0.05) is 31.7 Å². The molecule has 12 heavy (non-hydrogen) atoms. The van der Waals surface area contributed by atoms with Crippen LogP contribution in [-0.4, -0.2) is 47.8 Å². The van der Waals surface area contributed by atoms with Crippen molar-refractivity contribution in [3.8, 4) is 0 Å². The van der Waals surface area contributed by atoms with Crippen LogP contribution in [0.2, 0.25) is 0 Å². The predicted octanol–water partition coefficient (Wildman–Crippen LogP) is -0.197. The number of hydrogen-bond acceptors (Lipinski definition) is 3. The molecule has 0 aliphatic carbocycles. The van der Waals surface area contributed by atoms with Crippen molar-refractivity contribution in [3.05, 3.63) is 0 Å². The van der Waals surface area contributed by atoms with Gasteiger partial charge in [-0.15, -0.1) is 0 Å². The van der Waals surface area contributed by atoms with E-state index >= 15 is 0 Å². The summed E-state index contributed by atoms with van der Waals surface area (Å²) in [5, 5.41) is 12.8. The molecule has 3 saturated heterocycles. The minimum Gasteiger partial charge on any atom is -0.392 e. The van der Waals surface area contributed by atoms with Crippen LogP contribution in [0.1, 0.15) is 19.8 Å². The van der Waals surface area contributed by atoms with Gasteiger partial charge in [0.25, 0.3) is 0 Å². The van der Waals surface area contributed by atoms with Crippen molar-refractivity contribution in [2.75, 3.05) is 19.6 Å². The standard InChI is InChI=1S/C9H18N2O/c1-7(12)5-11-6-8-2-3-9(11)4-10-8/h7-10,12H,2-6H2,1H3. The maximum atomic E-state index is 9.27. The van der Waals surface area contributed by atoms with E-state index < -0.39 is 0 Å². The molecule has 0 amide bonds. The number of aliphatic hydroxyl groups excluding tert-OH is 1. The van der Waals surface area contributed by atoms with Crippen molar-refractivity contribution in [1.82, 2.24) is 10.2 Å². The van der Waals surface area contributed by atoms with E-state index in [2.05, 4.69) is 10.2 Å². The molecular formula is C9H18N2O. The van der Waals surface area contributed by atoms with Crippen molar-refractivity contribution in [3.63, 3.8) is 0 Å². The lowest BCUT2D eigenvalue weighted by molar-refractivity contribution is 0.0351. The third-order valence-corrected chi connectivity index (χ3v) is 2.96. The molecule has 2 N–H and O–H groups in total. The Labute approximate surface area is 73.8 Å². The van der Waals surface area contributed by atoms with Crippen LogP contribution in [-0.2, 0) is 0 Å². The molecule has 70 valence electrons. The van der Waals surface area contributed by atoms with E-state index in [0.29, 0.717) is 12.1 Å². The Bertz CT molecular complexity index is 151. The number of nitrogens with one attached hydrogen (secondary N) is 1. The quantitative estimate of drug-likeness (QED) is 0.602. The van der Waals surface area contributed by atoms with Gasteiger partial charge in [0.05, 0.1) is 6.10 Å². The summed E-state index contributed by atoms with van der Waals surface area (Å²) >= 11 is 0. The molecule has 3 atom stereocenters. The topological polar surface area (TPSA) is 35.5 Å². The molecule has 0 aromatic heterocycles. The highest BCUT2D eigenvalue weighted by Crippen LogP contribution is 2.21. The average Bonchev–Trinajstić information content (AvgIpc) is 2.05. The van der Waals surface area contributed by atoms with Crippen LogP contribution in [0.4, 0.5) is 0 Å². The summed E-state index contributed by atoms with van der Waals surface area (Å²) in [5.74, 6) is 0. The molecule has 3 fully saturated rings. The van der Waals surface area contributed by atoms with Crippen molar-refractivity contribution >= 4 is 0 Å². The Morgan fingerprint density at radius 3 is 2.83 bits per heavy atom. The zero-order valence-electron chi connectivity index (χ0n) is 7.66. The molecule has 0 aromatic carbocycles. The summed E-state index contributed by atoms with van der Waals surface area (Å²) in [4.78, 5) is 2.43. The fraction of sp³-hybridized carbons (Fsp3) is 1.00. The van der Waals surface area contributed by atoms with Crippen LogP contribution < -0.4 is 5.32 Å². The van der Waals surface area contributed by atoms with Gasteiger partial charge in [-0.25, -0.2) is 0 Å². The number of fused-ring (bicyclic) bond motifs is 3. The fourth-order valence-electron chi connectivity index (χ4n) is 2.36. The first-order chi connectivity index (χ1) is 5.75. The lowest BCUT2D eigenvalue weighted by atomic mass is 9.93. The molecule has 0 radical (unpaired) electrons. The van der Waals surface area contributed by atoms with Crippen LogP contribution in [0.3, 0.4) is 0 Å². The van der Waals surface area contributed by atoms with E-state index in [1.807, 2.05) is 6.92 Å². The maximum absolute atomic E-state index is 9.27. The van der Waals surface area contributed by atoms with Crippen LogP contribution in [0.25, 0.3) is 0 Å². The molecule has 3 aliphatic heterocycles. The smallest absolute Gasteiger partial charge is 0.0639 e. The highest BCUT2D eigenvalue weighted by Gasteiger charge is 2.33. The van der Waals surface area contributed by atoms with Crippen LogP contribution >= 0.6 is 0 Å². The lowest BCUT2D eigenvalue weighted by Gasteiger charge is -2.46. The van der Waals surface area contributed by atoms with E-state index in [4.69, 9.17) is 0 Å². The first-order valence-corrected chi connectivity index (χ1v) is 4.91. The zero-order valence-corrected chi connectivity index (χ0v) is 7.66.